The van der Waals surface area contributed by atoms with Gasteiger partial charge in [-0.15, -0.1) is 6.58 Å². The number of halogens is 3. The van der Waals surface area contributed by atoms with E-state index in [1.54, 1.807) is 44.2 Å². The molecule has 0 bridgehead atoms. The second-order valence-corrected chi connectivity index (χ2v) is 6.36. The zero-order chi connectivity index (χ0) is 19.5. The van der Waals surface area contributed by atoms with Gasteiger partial charge in [-0.3, -0.25) is 14.5 Å². The summed E-state index contributed by atoms with van der Waals surface area (Å²) < 4.78 is 41.6. The third-order valence-corrected chi connectivity index (χ3v) is 3.75. The Morgan fingerprint density at radius 2 is 1.96 bits per heavy atom. The van der Waals surface area contributed by atoms with Crippen molar-refractivity contribution in [2.24, 2.45) is 10.9 Å². The largest absolute Gasteiger partial charge is 0.442 e. The molecule has 1 aromatic carbocycles. The van der Waals surface area contributed by atoms with Crippen LogP contribution in [0.3, 0.4) is 0 Å². The van der Waals surface area contributed by atoms with E-state index in [-0.39, 0.29) is 24.7 Å². The number of aliphatic imine (C=N–C) groups is 1. The molecule has 1 aliphatic heterocycles. The molecule has 0 spiro atoms. The number of carbonyl (C=O) groups excluding carboxylic acids is 2. The molecule has 0 unspecified atom stereocenters. The number of amides is 2. The quantitative estimate of drug-likeness (QED) is 0.786. The van der Waals surface area contributed by atoms with Crippen LogP contribution in [0.2, 0.25) is 0 Å². The summed E-state index contributed by atoms with van der Waals surface area (Å²) in [4.78, 5) is 29.3. The van der Waals surface area contributed by atoms with Gasteiger partial charge in [-0.2, -0.15) is 13.2 Å². The first kappa shape index (κ1) is 19.7. The zero-order valence-corrected chi connectivity index (χ0v) is 14.5. The van der Waals surface area contributed by atoms with Crippen LogP contribution in [-0.4, -0.2) is 40.9 Å². The van der Waals surface area contributed by atoms with E-state index in [9.17, 15) is 22.8 Å². The summed E-state index contributed by atoms with van der Waals surface area (Å²) >= 11 is 0. The number of alkyl halides is 3. The molecule has 8 heteroatoms. The minimum atomic E-state index is -5.09. The van der Waals surface area contributed by atoms with E-state index in [1.807, 2.05) is 5.32 Å². The lowest BCUT2D eigenvalue weighted by Gasteiger charge is -2.29. The summed E-state index contributed by atoms with van der Waals surface area (Å²) in [5, 5.41) is 1.82. The second-order valence-electron chi connectivity index (χ2n) is 6.36. The van der Waals surface area contributed by atoms with Crippen LogP contribution in [-0.2, 0) is 9.59 Å². The van der Waals surface area contributed by atoms with Crippen molar-refractivity contribution in [1.82, 2.24) is 10.2 Å². The predicted octanol–water partition coefficient (Wildman–Crippen LogP) is 2.88. The fourth-order valence-corrected chi connectivity index (χ4v) is 2.63. The minimum absolute atomic E-state index is 0.150. The number of hydrogen-bond acceptors (Lipinski definition) is 3. The molecule has 1 atom stereocenters. The van der Waals surface area contributed by atoms with Crippen molar-refractivity contribution in [3.8, 4) is 0 Å². The van der Waals surface area contributed by atoms with E-state index >= 15 is 0 Å². The summed E-state index contributed by atoms with van der Waals surface area (Å²) in [6.45, 7) is 6.70. The maximum atomic E-state index is 13.9. The Hall–Kier alpha value is -2.64. The predicted molar refractivity (Wildman–Crippen MR) is 91.3 cm³/mol. The first-order valence-electron chi connectivity index (χ1n) is 8.08. The van der Waals surface area contributed by atoms with Crippen molar-refractivity contribution >= 4 is 17.6 Å². The number of hydrogen-bond donors (Lipinski definition) is 1. The van der Waals surface area contributed by atoms with Gasteiger partial charge in [-0.25, -0.2) is 4.99 Å². The Labute approximate surface area is 149 Å². The highest BCUT2D eigenvalue weighted by Crippen LogP contribution is 2.38. The molecule has 0 radical (unpaired) electrons. The second kappa shape index (κ2) is 7.31. The van der Waals surface area contributed by atoms with Crippen molar-refractivity contribution in [3.63, 3.8) is 0 Å². The number of nitrogens with zero attached hydrogens (tertiary/aromatic N) is 2. The van der Waals surface area contributed by atoms with Crippen molar-refractivity contribution < 1.29 is 22.8 Å². The van der Waals surface area contributed by atoms with Crippen LogP contribution in [0, 0.1) is 5.92 Å². The Bertz CT molecular complexity index is 729. The first-order valence-corrected chi connectivity index (χ1v) is 8.08. The summed E-state index contributed by atoms with van der Waals surface area (Å²) in [7, 11) is 0. The molecule has 1 aromatic rings. The molecule has 0 fully saturated rings. The van der Waals surface area contributed by atoms with Crippen LogP contribution in [0.25, 0.3) is 0 Å². The van der Waals surface area contributed by atoms with Gasteiger partial charge in [0.15, 0.2) is 0 Å². The van der Waals surface area contributed by atoms with E-state index in [2.05, 4.69) is 11.6 Å². The average molecular weight is 367 g/mol. The van der Waals surface area contributed by atoms with Gasteiger partial charge in [0.05, 0.1) is 0 Å². The van der Waals surface area contributed by atoms with E-state index in [0.29, 0.717) is 5.56 Å². The molecule has 0 saturated carbocycles. The number of rotatable bonds is 6. The molecule has 0 aliphatic carbocycles. The van der Waals surface area contributed by atoms with Crippen LogP contribution < -0.4 is 5.32 Å². The van der Waals surface area contributed by atoms with Gasteiger partial charge >= 0.3 is 11.8 Å². The highest BCUT2D eigenvalue weighted by atomic mass is 19.4. The van der Waals surface area contributed by atoms with Crippen molar-refractivity contribution in [2.75, 3.05) is 6.54 Å². The van der Waals surface area contributed by atoms with Gasteiger partial charge in [0.2, 0.25) is 5.91 Å². The number of carbonyl (C=O) groups is 2. The maximum absolute atomic E-state index is 13.9. The van der Waals surface area contributed by atoms with Gasteiger partial charge in [0.1, 0.15) is 5.84 Å². The Morgan fingerprint density at radius 3 is 2.46 bits per heavy atom. The molecule has 2 amide bonds. The van der Waals surface area contributed by atoms with Crippen molar-refractivity contribution in [3.05, 3.63) is 48.6 Å². The molecule has 0 saturated heterocycles. The molecule has 1 N–H and O–H groups in total. The highest BCUT2D eigenvalue weighted by molar-refractivity contribution is 6.16. The molecule has 0 aromatic heterocycles. The number of benzene rings is 1. The summed E-state index contributed by atoms with van der Waals surface area (Å²) in [6, 6.07) is 8.04. The third kappa shape index (κ3) is 3.63. The van der Waals surface area contributed by atoms with Crippen LogP contribution in [0.15, 0.2) is 48.0 Å². The maximum Gasteiger partial charge on any atom is 0.442 e. The smallest absolute Gasteiger partial charge is 0.316 e. The Balaban J connectivity index is 2.56. The fourth-order valence-electron chi connectivity index (χ4n) is 2.63. The van der Waals surface area contributed by atoms with E-state index < -0.39 is 23.7 Å². The molecule has 140 valence electrons. The molecular formula is C18H20F3N3O2. The molecule has 5 nitrogen and oxygen atoms in total. The third-order valence-electron chi connectivity index (χ3n) is 3.75. The van der Waals surface area contributed by atoms with Gasteiger partial charge in [0, 0.05) is 18.5 Å². The van der Waals surface area contributed by atoms with Crippen LogP contribution in [0.5, 0.6) is 0 Å². The van der Waals surface area contributed by atoms with E-state index in [1.165, 1.54) is 6.08 Å². The van der Waals surface area contributed by atoms with Crippen molar-refractivity contribution in [2.45, 2.75) is 32.1 Å². The normalized spacial score (nSPS) is 20.3. The average Bonchev–Trinajstić information content (AvgIpc) is 2.82. The van der Waals surface area contributed by atoms with E-state index in [0.717, 1.165) is 4.90 Å². The molecule has 1 heterocycles. The van der Waals surface area contributed by atoms with Crippen LogP contribution in [0.4, 0.5) is 13.2 Å². The Kier molecular flexibility index (Phi) is 5.53. The van der Waals surface area contributed by atoms with Crippen LogP contribution >= 0.6 is 0 Å². The number of amidine groups is 1. The topological polar surface area (TPSA) is 61.8 Å². The monoisotopic (exact) mass is 367 g/mol. The molecule has 2 rings (SSSR count). The van der Waals surface area contributed by atoms with Gasteiger partial charge in [-0.05, 0) is 5.92 Å². The highest BCUT2D eigenvalue weighted by Gasteiger charge is 2.67. The lowest BCUT2D eigenvalue weighted by molar-refractivity contribution is -0.200. The number of nitrogens with one attached hydrogen (secondary N) is 1. The van der Waals surface area contributed by atoms with Crippen LogP contribution in [0.1, 0.15) is 25.8 Å². The van der Waals surface area contributed by atoms with Gasteiger partial charge in [-0.1, -0.05) is 50.3 Å². The molecule has 26 heavy (non-hydrogen) atoms. The minimum Gasteiger partial charge on any atom is -0.316 e. The Morgan fingerprint density at radius 1 is 1.35 bits per heavy atom. The zero-order valence-electron chi connectivity index (χ0n) is 14.5. The van der Waals surface area contributed by atoms with Crippen molar-refractivity contribution in [1.29, 1.82) is 0 Å². The summed E-state index contributed by atoms with van der Waals surface area (Å²) in [5.74, 6) is -2.56. The summed E-state index contributed by atoms with van der Waals surface area (Å²) in [6.07, 6.45) is -3.94. The molecular weight excluding hydrogens is 347 g/mol. The standard InChI is InChI=1S/C18H20F3N3O2/c1-4-10-24-15(13-8-6-5-7-9-13)23-17(16(24)26,18(19,20)21)22-14(25)11-12(2)3/h4-9,12H,1,10-11H2,2-3H3,(H,22,25)/t17-/m0/s1. The first-order chi connectivity index (χ1) is 12.1. The molecule has 1 aliphatic rings. The van der Waals surface area contributed by atoms with Gasteiger partial charge < -0.3 is 5.32 Å². The summed E-state index contributed by atoms with van der Waals surface area (Å²) in [5.41, 5.74) is -2.99. The SMILES string of the molecule is C=CCN1C(=O)[C@@](NC(=O)CC(C)C)(C(F)(F)F)N=C1c1ccccc1. The lowest BCUT2D eigenvalue weighted by atomic mass is 10.1. The fraction of sp³-hybridized carbons (Fsp3) is 0.389. The lowest BCUT2D eigenvalue weighted by Crippen LogP contribution is -2.63. The van der Waals surface area contributed by atoms with E-state index in [4.69, 9.17) is 0 Å². The van der Waals surface area contributed by atoms with Gasteiger partial charge in [0.25, 0.3) is 5.91 Å².